The Labute approximate surface area is 194 Å². The smallest absolute Gasteiger partial charge is 0.262 e. The number of aromatic hydroxyl groups is 1. The number of carbonyl (C=O) groups excluding carboxylic acids is 1. The number of phenolic OH excluding ortho intramolecular Hbond substituents is 1. The van der Waals surface area contributed by atoms with E-state index in [1.54, 1.807) is 53.4 Å². The lowest BCUT2D eigenvalue weighted by molar-refractivity contribution is 0.0999. The standard InChI is InChI=1S/C27H27N3O3/c28-20-21-4-6-22(7-5-21)27(32)30(23-8-12-25(31)13-9-23)24-10-14-26(15-11-24)33-19-18-29-16-2-1-3-17-29/h4-15,31H,1-3,16-19H2. The maximum absolute atomic E-state index is 13.4. The third-order valence-electron chi connectivity index (χ3n) is 5.79. The first-order valence-corrected chi connectivity index (χ1v) is 11.2. The van der Waals surface area contributed by atoms with Gasteiger partial charge in [0.25, 0.3) is 5.91 Å². The van der Waals surface area contributed by atoms with Gasteiger partial charge in [-0.1, -0.05) is 6.42 Å². The van der Waals surface area contributed by atoms with Crippen molar-refractivity contribution in [3.63, 3.8) is 0 Å². The molecule has 1 aliphatic heterocycles. The maximum Gasteiger partial charge on any atom is 0.262 e. The van der Waals surface area contributed by atoms with E-state index in [-0.39, 0.29) is 11.7 Å². The Morgan fingerprint density at radius 2 is 1.52 bits per heavy atom. The number of rotatable bonds is 7. The van der Waals surface area contributed by atoms with Crippen LogP contribution >= 0.6 is 0 Å². The summed E-state index contributed by atoms with van der Waals surface area (Å²) in [4.78, 5) is 17.4. The lowest BCUT2D eigenvalue weighted by Gasteiger charge is -2.26. The van der Waals surface area contributed by atoms with Crippen molar-refractivity contribution in [2.75, 3.05) is 31.1 Å². The number of phenols is 1. The van der Waals surface area contributed by atoms with Gasteiger partial charge in [0.15, 0.2) is 0 Å². The molecule has 168 valence electrons. The number of amides is 1. The summed E-state index contributed by atoms with van der Waals surface area (Å²) < 4.78 is 5.93. The number of piperidine rings is 1. The minimum absolute atomic E-state index is 0.127. The summed E-state index contributed by atoms with van der Waals surface area (Å²) in [7, 11) is 0. The van der Waals surface area contributed by atoms with E-state index in [4.69, 9.17) is 10.00 Å². The molecule has 3 aromatic rings. The minimum atomic E-state index is -0.232. The highest BCUT2D eigenvalue weighted by Gasteiger charge is 2.20. The van der Waals surface area contributed by atoms with E-state index in [2.05, 4.69) is 11.0 Å². The summed E-state index contributed by atoms with van der Waals surface area (Å²) in [5, 5.41) is 18.7. The molecule has 0 atom stereocenters. The minimum Gasteiger partial charge on any atom is -0.508 e. The van der Waals surface area contributed by atoms with Crippen LogP contribution in [0.3, 0.4) is 0 Å². The van der Waals surface area contributed by atoms with Crippen molar-refractivity contribution in [1.82, 2.24) is 4.90 Å². The molecule has 0 saturated carbocycles. The number of hydrogen-bond donors (Lipinski definition) is 1. The number of benzene rings is 3. The fraction of sp³-hybridized carbons (Fsp3) is 0.259. The predicted octanol–water partition coefficient (Wildman–Crippen LogP) is 5.11. The van der Waals surface area contributed by atoms with Gasteiger partial charge >= 0.3 is 0 Å². The molecule has 0 spiro atoms. The largest absolute Gasteiger partial charge is 0.508 e. The number of carbonyl (C=O) groups is 1. The number of likely N-dealkylation sites (tertiary alicyclic amines) is 1. The SMILES string of the molecule is N#Cc1ccc(C(=O)N(c2ccc(O)cc2)c2ccc(OCCN3CCCCC3)cc2)cc1. The van der Waals surface area contributed by atoms with Crippen LogP contribution in [0.15, 0.2) is 72.8 Å². The predicted molar refractivity (Wildman–Crippen MR) is 128 cm³/mol. The molecule has 33 heavy (non-hydrogen) atoms. The van der Waals surface area contributed by atoms with E-state index in [1.807, 2.05) is 24.3 Å². The van der Waals surface area contributed by atoms with E-state index >= 15 is 0 Å². The van der Waals surface area contributed by atoms with Crippen LogP contribution in [0.25, 0.3) is 0 Å². The molecule has 1 saturated heterocycles. The van der Waals surface area contributed by atoms with Crippen LogP contribution in [-0.2, 0) is 0 Å². The molecule has 3 aromatic carbocycles. The highest BCUT2D eigenvalue weighted by Crippen LogP contribution is 2.30. The normalized spacial score (nSPS) is 13.8. The van der Waals surface area contributed by atoms with E-state index in [0.29, 0.717) is 29.1 Å². The average molecular weight is 442 g/mol. The molecule has 0 aliphatic carbocycles. The fourth-order valence-corrected chi connectivity index (χ4v) is 3.97. The molecule has 1 aliphatic rings. The van der Waals surface area contributed by atoms with Crippen molar-refractivity contribution in [3.05, 3.63) is 83.9 Å². The Morgan fingerprint density at radius 3 is 2.12 bits per heavy atom. The molecule has 6 nitrogen and oxygen atoms in total. The highest BCUT2D eigenvalue weighted by molar-refractivity contribution is 6.11. The van der Waals surface area contributed by atoms with Crippen LogP contribution in [0.4, 0.5) is 11.4 Å². The van der Waals surface area contributed by atoms with Crippen molar-refractivity contribution in [2.45, 2.75) is 19.3 Å². The lowest BCUT2D eigenvalue weighted by atomic mass is 10.1. The second-order valence-electron chi connectivity index (χ2n) is 8.09. The Bertz CT molecular complexity index is 1100. The molecule has 0 aromatic heterocycles. The summed E-state index contributed by atoms with van der Waals surface area (Å²) >= 11 is 0. The van der Waals surface area contributed by atoms with Gasteiger partial charge in [0.05, 0.1) is 11.6 Å². The van der Waals surface area contributed by atoms with Crippen LogP contribution in [0.1, 0.15) is 35.2 Å². The van der Waals surface area contributed by atoms with Crippen LogP contribution in [-0.4, -0.2) is 42.2 Å². The number of nitrogens with zero attached hydrogens (tertiary/aromatic N) is 3. The summed E-state index contributed by atoms with van der Waals surface area (Å²) in [6.07, 6.45) is 3.83. The number of ether oxygens (including phenoxy) is 1. The topological polar surface area (TPSA) is 76.8 Å². The van der Waals surface area contributed by atoms with Crippen molar-refractivity contribution in [2.24, 2.45) is 0 Å². The zero-order valence-electron chi connectivity index (χ0n) is 18.5. The van der Waals surface area contributed by atoms with Crippen LogP contribution in [0.5, 0.6) is 11.5 Å². The van der Waals surface area contributed by atoms with Gasteiger partial charge in [-0.2, -0.15) is 5.26 Å². The van der Waals surface area contributed by atoms with Gasteiger partial charge in [0.2, 0.25) is 0 Å². The highest BCUT2D eigenvalue weighted by atomic mass is 16.5. The van der Waals surface area contributed by atoms with Gasteiger partial charge in [0.1, 0.15) is 18.1 Å². The molecule has 1 heterocycles. The van der Waals surface area contributed by atoms with Gasteiger partial charge < -0.3 is 9.84 Å². The van der Waals surface area contributed by atoms with Gasteiger partial charge in [0, 0.05) is 23.5 Å². The molecule has 4 rings (SSSR count). The Morgan fingerprint density at radius 1 is 0.909 bits per heavy atom. The molecule has 0 bridgehead atoms. The van der Waals surface area contributed by atoms with Gasteiger partial charge in [-0.25, -0.2) is 0 Å². The molecule has 6 heteroatoms. The second-order valence-corrected chi connectivity index (χ2v) is 8.09. The van der Waals surface area contributed by atoms with Crippen LogP contribution < -0.4 is 9.64 Å². The number of nitriles is 1. The van der Waals surface area contributed by atoms with Crippen molar-refractivity contribution < 1.29 is 14.6 Å². The quantitative estimate of drug-likeness (QED) is 0.552. The number of hydrogen-bond acceptors (Lipinski definition) is 5. The van der Waals surface area contributed by atoms with Crippen molar-refractivity contribution in [1.29, 1.82) is 5.26 Å². The number of anilines is 2. The summed E-state index contributed by atoms with van der Waals surface area (Å²) in [5.74, 6) is 0.651. The molecule has 1 N–H and O–H groups in total. The Kier molecular flexibility index (Phi) is 7.23. The van der Waals surface area contributed by atoms with E-state index in [0.717, 1.165) is 25.4 Å². The first-order valence-electron chi connectivity index (χ1n) is 11.2. The monoisotopic (exact) mass is 441 g/mol. The van der Waals surface area contributed by atoms with E-state index in [9.17, 15) is 9.90 Å². The van der Waals surface area contributed by atoms with Crippen molar-refractivity contribution in [3.8, 4) is 17.6 Å². The molecule has 1 amide bonds. The summed E-state index contributed by atoms with van der Waals surface area (Å²) in [6, 6.07) is 22.5. The fourth-order valence-electron chi connectivity index (χ4n) is 3.97. The second kappa shape index (κ2) is 10.7. The summed E-state index contributed by atoms with van der Waals surface area (Å²) in [5.41, 5.74) is 2.26. The lowest BCUT2D eigenvalue weighted by Crippen LogP contribution is -2.33. The third kappa shape index (κ3) is 5.71. The first-order chi connectivity index (χ1) is 16.1. The Balaban J connectivity index is 1.51. The third-order valence-corrected chi connectivity index (χ3v) is 5.79. The molecule has 0 radical (unpaired) electrons. The Hall–Kier alpha value is -3.82. The first kappa shape index (κ1) is 22.4. The van der Waals surface area contributed by atoms with E-state index < -0.39 is 0 Å². The maximum atomic E-state index is 13.4. The van der Waals surface area contributed by atoms with Crippen LogP contribution in [0, 0.1) is 11.3 Å². The molecule has 0 unspecified atom stereocenters. The molecule has 1 fully saturated rings. The van der Waals surface area contributed by atoms with Gasteiger partial charge in [-0.05, 0) is 98.7 Å². The molecular formula is C27H27N3O3. The van der Waals surface area contributed by atoms with Crippen molar-refractivity contribution >= 4 is 17.3 Å². The zero-order chi connectivity index (χ0) is 23.0. The van der Waals surface area contributed by atoms with E-state index in [1.165, 1.54) is 19.3 Å². The zero-order valence-corrected chi connectivity index (χ0v) is 18.5. The van der Waals surface area contributed by atoms with Gasteiger partial charge in [-0.3, -0.25) is 14.6 Å². The summed E-state index contributed by atoms with van der Waals surface area (Å²) in [6.45, 7) is 3.83. The van der Waals surface area contributed by atoms with Crippen LogP contribution in [0.2, 0.25) is 0 Å². The van der Waals surface area contributed by atoms with Gasteiger partial charge in [-0.15, -0.1) is 0 Å². The average Bonchev–Trinajstić information content (AvgIpc) is 2.87. The molecular weight excluding hydrogens is 414 g/mol.